The average molecular weight is 193 g/mol. The lowest BCUT2D eigenvalue weighted by molar-refractivity contribution is -0.158. The van der Waals surface area contributed by atoms with Crippen LogP contribution in [-0.2, 0) is 9.53 Å². The number of esters is 1. The molecule has 0 spiro atoms. The van der Waals surface area contributed by atoms with Crippen molar-refractivity contribution in [1.29, 1.82) is 0 Å². The zero-order valence-electron chi connectivity index (χ0n) is 7.43. The molecule has 0 saturated heterocycles. The molecule has 0 unspecified atom stereocenters. The van der Waals surface area contributed by atoms with Gasteiger partial charge in [-0.05, 0) is 19.8 Å². The Hall–Kier alpha value is -0.710. The highest BCUT2D eigenvalue weighted by molar-refractivity contribution is 5.81. The maximum absolute atomic E-state index is 12.1. The number of halogens is 2. The lowest BCUT2D eigenvalue weighted by Crippen LogP contribution is -2.60. The van der Waals surface area contributed by atoms with Gasteiger partial charge in [0.1, 0.15) is 5.54 Å². The van der Waals surface area contributed by atoms with Gasteiger partial charge in [0.15, 0.2) is 0 Å². The van der Waals surface area contributed by atoms with Crippen LogP contribution in [0.1, 0.15) is 19.8 Å². The zero-order valence-corrected chi connectivity index (χ0v) is 7.43. The number of carbonyl (C=O) groups excluding carboxylic acids is 1. The Balaban J connectivity index is 2.41. The first-order valence-electron chi connectivity index (χ1n) is 4.24. The molecule has 5 heteroatoms. The molecule has 0 atom stereocenters. The standard InChI is InChI=1S/C8H13F2NO2/c1-2-13-7(12)8(11)3-5(4-8)6(9)10/h5-6H,2-4,11H2,1H3. The molecule has 3 nitrogen and oxygen atoms in total. The summed E-state index contributed by atoms with van der Waals surface area (Å²) in [5.41, 5.74) is 4.40. The van der Waals surface area contributed by atoms with E-state index in [-0.39, 0.29) is 19.4 Å². The van der Waals surface area contributed by atoms with E-state index in [4.69, 9.17) is 5.73 Å². The molecule has 0 aromatic rings. The summed E-state index contributed by atoms with van der Waals surface area (Å²) in [5.74, 6) is -1.30. The van der Waals surface area contributed by atoms with E-state index in [0.717, 1.165) is 0 Å². The molecular weight excluding hydrogens is 180 g/mol. The second-order valence-electron chi connectivity index (χ2n) is 3.38. The first kappa shape index (κ1) is 10.4. The minimum atomic E-state index is -2.38. The number of rotatable bonds is 3. The molecule has 0 radical (unpaired) electrons. The van der Waals surface area contributed by atoms with E-state index in [1.165, 1.54) is 0 Å². The second-order valence-corrected chi connectivity index (χ2v) is 3.38. The van der Waals surface area contributed by atoms with E-state index in [1.54, 1.807) is 6.92 Å². The molecule has 0 heterocycles. The van der Waals surface area contributed by atoms with Crippen molar-refractivity contribution in [3.63, 3.8) is 0 Å². The van der Waals surface area contributed by atoms with Crippen LogP contribution in [0.25, 0.3) is 0 Å². The number of nitrogens with two attached hydrogens (primary N) is 1. The van der Waals surface area contributed by atoms with E-state index in [2.05, 4.69) is 4.74 Å². The zero-order chi connectivity index (χ0) is 10.1. The van der Waals surface area contributed by atoms with Crippen LogP contribution in [0.3, 0.4) is 0 Å². The summed E-state index contributed by atoms with van der Waals surface area (Å²) < 4.78 is 28.8. The van der Waals surface area contributed by atoms with Crippen LogP contribution in [0.5, 0.6) is 0 Å². The molecule has 0 amide bonds. The van der Waals surface area contributed by atoms with Gasteiger partial charge in [0, 0.05) is 5.92 Å². The van der Waals surface area contributed by atoms with Crippen LogP contribution in [0.2, 0.25) is 0 Å². The Morgan fingerprint density at radius 3 is 2.62 bits per heavy atom. The highest BCUT2D eigenvalue weighted by Gasteiger charge is 2.51. The van der Waals surface area contributed by atoms with Crippen molar-refractivity contribution in [3.05, 3.63) is 0 Å². The SMILES string of the molecule is CCOC(=O)C1(N)CC(C(F)F)C1. The van der Waals surface area contributed by atoms with Crippen LogP contribution in [0.15, 0.2) is 0 Å². The molecule has 0 aromatic heterocycles. The van der Waals surface area contributed by atoms with Crippen molar-refractivity contribution in [1.82, 2.24) is 0 Å². The maximum atomic E-state index is 12.1. The highest BCUT2D eigenvalue weighted by Crippen LogP contribution is 2.40. The smallest absolute Gasteiger partial charge is 0.326 e. The Bertz CT molecular complexity index is 202. The number of alkyl halides is 2. The van der Waals surface area contributed by atoms with Crippen molar-refractivity contribution in [2.75, 3.05) is 6.61 Å². The Kier molecular flexibility index (Phi) is 2.85. The summed E-state index contributed by atoms with van der Waals surface area (Å²) in [6, 6.07) is 0. The number of carbonyl (C=O) groups is 1. The van der Waals surface area contributed by atoms with Crippen molar-refractivity contribution in [2.45, 2.75) is 31.7 Å². The molecule has 1 aliphatic rings. The molecule has 2 N–H and O–H groups in total. The van der Waals surface area contributed by atoms with Gasteiger partial charge in [-0.1, -0.05) is 0 Å². The summed E-state index contributed by atoms with van der Waals surface area (Å²) in [6.45, 7) is 1.89. The fourth-order valence-corrected chi connectivity index (χ4v) is 1.50. The summed E-state index contributed by atoms with van der Waals surface area (Å²) in [5, 5.41) is 0. The Labute approximate surface area is 75.2 Å². The molecule has 0 aromatic carbocycles. The highest BCUT2D eigenvalue weighted by atomic mass is 19.3. The average Bonchev–Trinajstić information content (AvgIpc) is 1.98. The second kappa shape index (κ2) is 3.57. The Morgan fingerprint density at radius 2 is 2.23 bits per heavy atom. The molecule has 0 bridgehead atoms. The molecule has 1 saturated carbocycles. The first-order valence-corrected chi connectivity index (χ1v) is 4.24. The number of hydrogen-bond donors (Lipinski definition) is 1. The van der Waals surface area contributed by atoms with Crippen LogP contribution in [0.4, 0.5) is 8.78 Å². The van der Waals surface area contributed by atoms with Gasteiger partial charge in [-0.2, -0.15) is 0 Å². The summed E-state index contributed by atoms with van der Waals surface area (Å²) in [6.07, 6.45) is -2.32. The van der Waals surface area contributed by atoms with Crippen molar-refractivity contribution in [2.24, 2.45) is 11.7 Å². The third-order valence-electron chi connectivity index (χ3n) is 2.29. The lowest BCUT2D eigenvalue weighted by Gasteiger charge is -2.41. The third-order valence-corrected chi connectivity index (χ3v) is 2.29. The largest absolute Gasteiger partial charge is 0.465 e. The minimum absolute atomic E-state index is 0.0312. The minimum Gasteiger partial charge on any atom is -0.465 e. The maximum Gasteiger partial charge on any atom is 0.326 e. The monoisotopic (exact) mass is 193 g/mol. The van der Waals surface area contributed by atoms with E-state index >= 15 is 0 Å². The van der Waals surface area contributed by atoms with Crippen LogP contribution >= 0.6 is 0 Å². The molecule has 13 heavy (non-hydrogen) atoms. The van der Waals surface area contributed by atoms with E-state index in [9.17, 15) is 13.6 Å². The van der Waals surface area contributed by atoms with Crippen LogP contribution in [0, 0.1) is 5.92 Å². The van der Waals surface area contributed by atoms with Gasteiger partial charge in [0.2, 0.25) is 6.43 Å². The molecule has 1 aliphatic carbocycles. The van der Waals surface area contributed by atoms with Gasteiger partial charge in [-0.3, -0.25) is 4.79 Å². The molecule has 76 valence electrons. The van der Waals surface area contributed by atoms with E-state index < -0.39 is 23.9 Å². The van der Waals surface area contributed by atoms with Gasteiger partial charge >= 0.3 is 5.97 Å². The van der Waals surface area contributed by atoms with Crippen LogP contribution < -0.4 is 5.73 Å². The Morgan fingerprint density at radius 1 is 1.69 bits per heavy atom. The number of ether oxygens (including phenoxy) is 1. The van der Waals surface area contributed by atoms with Gasteiger partial charge in [-0.25, -0.2) is 8.78 Å². The topological polar surface area (TPSA) is 52.3 Å². The summed E-state index contributed by atoms with van der Waals surface area (Å²) in [4.78, 5) is 11.1. The fraction of sp³-hybridized carbons (Fsp3) is 0.875. The molecule has 1 fully saturated rings. The third kappa shape index (κ3) is 1.96. The van der Waals surface area contributed by atoms with Crippen molar-refractivity contribution >= 4 is 5.97 Å². The van der Waals surface area contributed by atoms with Crippen LogP contribution in [-0.4, -0.2) is 24.5 Å². The van der Waals surface area contributed by atoms with Gasteiger partial charge in [0.05, 0.1) is 6.61 Å². The van der Waals surface area contributed by atoms with Gasteiger partial charge < -0.3 is 10.5 Å². The van der Waals surface area contributed by atoms with Crippen molar-refractivity contribution in [3.8, 4) is 0 Å². The quantitative estimate of drug-likeness (QED) is 0.678. The van der Waals surface area contributed by atoms with Gasteiger partial charge in [-0.15, -0.1) is 0 Å². The lowest BCUT2D eigenvalue weighted by atomic mass is 9.69. The normalized spacial score (nSPS) is 32.8. The summed E-state index contributed by atoms with van der Waals surface area (Å²) >= 11 is 0. The predicted octanol–water partition coefficient (Wildman–Crippen LogP) is 0.922. The van der Waals surface area contributed by atoms with E-state index in [1.807, 2.05) is 0 Å². The fourth-order valence-electron chi connectivity index (χ4n) is 1.50. The molecule has 0 aliphatic heterocycles. The van der Waals surface area contributed by atoms with Crippen molar-refractivity contribution < 1.29 is 18.3 Å². The van der Waals surface area contributed by atoms with Gasteiger partial charge in [0.25, 0.3) is 0 Å². The first-order chi connectivity index (χ1) is 5.99. The molecular formula is C8H13F2NO2. The predicted molar refractivity (Wildman–Crippen MR) is 42.3 cm³/mol. The van der Waals surface area contributed by atoms with E-state index in [0.29, 0.717) is 0 Å². The number of hydrogen-bond acceptors (Lipinski definition) is 3. The summed E-state index contributed by atoms with van der Waals surface area (Å²) in [7, 11) is 0. The molecule has 1 rings (SSSR count).